The van der Waals surface area contributed by atoms with Crippen LogP contribution >= 0.6 is 11.3 Å². The first-order chi connectivity index (χ1) is 14.1. The molecule has 7 heteroatoms. The molecule has 0 saturated carbocycles. The normalized spacial score (nSPS) is 21.3. The molecule has 0 spiro atoms. The van der Waals surface area contributed by atoms with Crippen molar-refractivity contribution >= 4 is 17.2 Å². The highest BCUT2D eigenvalue weighted by Gasteiger charge is 2.44. The van der Waals surface area contributed by atoms with E-state index in [-0.39, 0.29) is 18.0 Å². The van der Waals surface area contributed by atoms with Crippen molar-refractivity contribution in [1.29, 1.82) is 0 Å². The fourth-order valence-electron chi connectivity index (χ4n) is 4.52. The van der Waals surface area contributed by atoms with Crippen LogP contribution in [0.5, 0.6) is 5.75 Å². The zero-order valence-electron chi connectivity index (χ0n) is 16.6. The van der Waals surface area contributed by atoms with Crippen LogP contribution in [0.15, 0.2) is 48.1 Å². The third-order valence-corrected chi connectivity index (χ3v) is 7.00. The molecule has 1 amide bonds. The Hall–Kier alpha value is -2.64. The average molecular weight is 409 g/mol. The summed E-state index contributed by atoms with van der Waals surface area (Å²) in [6.45, 7) is 5.39. The Balaban J connectivity index is 1.42. The van der Waals surface area contributed by atoms with Gasteiger partial charge in [-0.05, 0) is 36.8 Å². The molecule has 1 aromatic carbocycles. The molecule has 0 unspecified atom stereocenters. The van der Waals surface area contributed by atoms with Gasteiger partial charge in [0.15, 0.2) is 0 Å². The van der Waals surface area contributed by atoms with Crippen molar-refractivity contribution in [3.05, 3.63) is 69.9 Å². The molecule has 150 valence electrons. The summed E-state index contributed by atoms with van der Waals surface area (Å²) >= 11 is 1.71. The molecule has 1 fully saturated rings. The molecular formula is C22H24N4O2S. The van der Waals surface area contributed by atoms with Gasteiger partial charge in [-0.2, -0.15) is 0 Å². The van der Waals surface area contributed by atoms with Gasteiger partial charge in [0.2, 0.25) is 0 Å². The van der Waals surface area contributed by atoms with Crippen molar-refractivity contribution in [2.75, 3.05) is 20.2 Å². The maximum absolute atomic E-state index is 13.3. The molecular weight excluding hydrogens is 384 g/mol. The minimum atomic E-state index is 0.114. The molecule has 5 rings (SSSR count). The van der Waals surface area contributed by atoms with Crippen molar-refractivity contribution in [3.63, 3.8) is 0 Å². The number of fused-ring (bicyclic) bond motifs is 3. The van der Waals surface area contributed by atoms with Gasteiger partial charge in [0.1, 0.15) is 11.4 Å². The van der Waals surface area contributed by atoms with E-state index >= 15 is 0 Å². The molecule has 2 aromatic heterocycles. The number of nitrogens with zero attached hydrogens (tertiary/aromatic N) is 4. The van der Waals surface area contributed by atoms with Crippen molar-refractivity contribution in [3.8, 4) is 5.75 Å². The minimum Gasteiger partial charge on any atom is -0.497 e. The lowest BCUT2D eigenvalue weighted by Gasteiger charge is -2.38. The summed E-state index contributed by atoms with van der Waals surface area (Å²) in [5.74, 6) is 0.945. The highest BCUT2D eigenvalue weighted by Crippen LogP contribution is 2.35. The number of ether oxygens (including phenoxy) is 1. The number of thiazole rings is 1. The zero-order chi connectivity index (χ0) is 20.0. The molecule has 4 heterocycles. The first-order valence-corrected chi connectivity index (χ1v) is 10.7. The van der Waals surface area contributed by atoms with E-state index in [0.717, 1.165) is 42.3 Å². The Morgan fingerprint density at radius 3 is 2.66 bits per heavy atom. The quantitative estimate of drug-likeness (QED) is 0.650. The minimum absolute atomic E-state index is 0.114. The van der Waals surface area contributed by atoms with Crippen LogP contribution in [0.4, 0.5) is 0 Å². The number of hydrogen-bond acceptors (Lipinski definition) is 5. The highest BCUT2D eigenvalue weighted by atomic mass is 32.1. The largest absolute Gasteiger partial charge is 0.497 e. The standard InChI is InChI=1S/C22H24N4O2S/c1-15-21(29-14-23-15)13-24-11-19-20(12-24)26(22(27)18-4-3-9-25(18)19)10-16-5-7-17(28-2)8-6-16/h3-9,14,19-20H,10-13H2,1-2H3/t19-,20+/m0/s1. The molecule has 29 heavy (non-hydrogen) atoms. The Morgan fingerprint density at radius 2 is 1.93 bits per heavy atom. The van der Waals surface area contributed by atoms with Gasteiger partial charge in [0, 0.05) is 37.3 Å². The zero-order valence-corrected chi connectivity index (χ0v) is 17.4. The Kier molecular flexibility index (Phi) is 4.64. The molecule has 2 aliphatic heterocycles. The van der Waals surface area contributed by atoms with Gasteiger partial charge < -0.3 is 14.2 Å². The highest BCUT2D eigenvalue weighted by molar-refractivity contribution is 7.09. The second kappa shape index (κ2) is 7.31. The van der Waals surface area contributed by atoms with E-state index in [9.17, 15) is 4.79 Å². The van der Waals surface area contributed by atoms with Crippen LogP contribution in [0.25, 0.3) is 0 Å². The van der Waals surface area contributed by atoms with E-state index < -0.39 is 0 Å². The van der Waals surface area contributed by atoms with Gasteiger partial charge in [-0.1, -0.05) is 12.1 Å². The number of amides is 1. The van der Waals surface area contributed by atoms with Gasteiger partial charge in [-0.25, -0.2) is 4.98 Å². The topological polar surface area (TPSA) is 50.6 Å². The summed E-state index contributed by atoms with van der Waals surface area (Å²) in [4.78, 5) is 23.5. The van der Waals surface area contributed by atoms with E-state index in [1.807, 2.05) is 41.9 Å². The van der Waals surface area contributed by atoms with Crippen LogP contribution in [0.3, 0.4) is 0 Å². The van der Waals surface area contributed by atoms with Crippen molar-refractivity contribution in [2.45, 2.75) is 32.1 Å². The Labute approximate surface area is 174 Å². The van der Waals surface area contributed by atoms with Crippen LogP contribution in [-0.4, -0.2) is 51.5 Å². The van der Waals surface area contributed by atoms with Gasteiger partial charge in [-0.15, -0.1) is 11.3 Å². The Bertz CT molecular complexity index is 1030. The Morgan fingerprint density at radius 1 is 1.14 bits per heavy atom. The number of benzene rings is 1. The van der Waals surface area contributed by atoms with Crippen molar-refractivity contribution in [1.82, 2.24) is 19.4 Å². The fraction of sp³-hybridized carbons (Fsp3) is 0.364. The van der Waals surface area contributed by atoms with Crippen LogP contribution < -0.4 is 4.74 Å². The number of rotatable bonds is 5. The van der Waals surface area contributed by atoms with E-state index in [0.29, 0.717) is 6.54 Å². The van der Waals surface area contributed by atoms with Gasteiger partial charge in [-0.3, -0.25) is 9.69 Å². The van der Waals surface area contributed by atoms with Gasteiger partial charge >= 0.3 is 0 Å². The lowest BCUT2D eigenvalue weighted by atomic mass is 10.0. The molecule has 1 saturated heterocycles. The van der Waals surface area contributed by atoms with E-state index in [2.05, 4.69) is 32.5 Å². The third kappa shape index (κ3) is 3.24. The molecule has 2 aliphatic rings. The number of methoxy groups -OCH3 is 1. The van der Waals surface area contributed by atoms with Crippen LogP contribution in [0.1, 0.15) is 32.7 Å². The summed E-state index contributed by atoms with van der Waals surface area (Å²) in [5.41, 5.74) is 4.93. The summed E-state index contributed by atoms with van der Waals surface area (Å²) in [7, 11) is 1.67. The van der Waals surface area contributed by atoms with E-state index in [4.69, 9.17) is 4.74 Å². The second-order valence-corrected chi connectivity index (χ2v) is 8.71. The third-order valence-electron chi connectivity index (χ3n) is 6.08. The molecule has 6 nitrogen and oxygen atoms in total. The number of hydrogen-bond donors (Lipinski definition) is 0. The molecule has 0 N–H and O–H groups in total. The van der Waals surface area contributed by atoms with Crippen LogP contribution in [0.2, 0.25) is 0 Å². The molecule has 3 aromatic rings. The average Bonchev–Trinajstić information content (AvgIpc) is 3.46. The lowest BCUT2D eigenvalue weighted by molar-refractivity contribution is 0.0556. The molecule has 0 radical (unpaired) electrons. The van der Waals surface area contributed by atoms with E-state index in [1.165, 1.54) is 4.88 Å². The van der Waals surface area contributed by atoms with Crippen LogP contribution in [0, 0.1) is 6.92 Å². The SMILES string of the molecule is COc1ccc(CN2C(=O)c3cccn3[C@H]3CN(Cc4scnc4C)C[C@H]32)cc1. The number of aryl methyl sites for hydroxylation is 1. The summed E-state index contributed by atoms with van der Waals surface area (Å²) in [6, 6.07) is 12.4. The lowest BCUT2D eigenvalue weighted by Crippen LogP contribution is -2.49. The monoisotopic (exact) mass is 408 g/mol. The fourth-order valence-corrected chi connectivity index (χ4v) is 5.33. The predicted octanol–water partition coefficient (Wildman–Crippen LogP) is 3.34. The maximum atomic E-state index is 13.3. The predicted molar refractivity (Wildman–Crippen MR) is 112 cm³/mol. The smallest absolute Gasteiger partial charge is 0.271 e. The van der Waals surface area contributed by atoms with Gasteiger partial charge in [0.25, 0.3) is 5.91 Å². The van der Waals surface area contributed by atoms with Crippen molar-refractivity contribution in [2.24, 2.45) is 0 Å². The number of carbonyl (C=O) groups is 1. The molecule has 0 bridgehead atoms. The summed E-state index contributed by atoms with van der Waals surface area (Å²) < 4.78 is 7.44. The van der Waals surface area contributed by atoms with E-state index in [1.54, 1.807) is 18.4 Å². The van der Waals surface area contributed by atoms with Gasteiger partial charge in [0.05, 0.1) is 30.4 Å². The maximum Gasteiger partial charge on any atom is 0.271 e. The first kappa shape index (κ1) is 18.4. The number of aromatic nitrogens is 2. The van der Waals surface area contributed by atoms with Crippen molar-refractivity contribution < 1.29 is 9.53 Å². The second-order valence-electron chi connectivity index (χ2n) is 7.77. The number of carbonyl (C=O) groups excluding carboxylic acids is 1. The molecule has 2 atom stereocenters. The molecule has 0 aliphatic carbocycles. The van der Waals surface area contributed by atoms with Crippen LogP contribution in [-0.2, 0) is 13.1 Å². The first-order valence-electron chi connectivity index (χ1n) is 9.86. The number of likely N-dealkylation sites (tertiary alicyclic amines) is 1. The summed E-state index contributed by atoms with van der Waals surface area (Å²) in [6.07, 6.45) is 2.05. The summed E-state index contributed by atoms with van der Waals surface area (Å²) in [5, 5.41) is 0.